The molecule has 1 aromatic heterocycles. The second kappa shape index (κ2) is 10.9. The van der Waals surface area contributed by atoms with Crippen molar-refractivity contribution in [2.75, 3.05) is 13.1 Å². The molecule has 0 saturated carbocycles. The van der Waals surface area contributed by atoms with E-state index in [0.717, 1.165) is 31.4 Å². The first-order valence-electron chi connectivity index (χ1n) is 10.7. The van der Waals surface area contributed by atoms with Gasteiger partial charge in [-0.25, -0.2) is 9.37 Å². The molecular weight excluding hydrogens is 385 g/mol. The summed E-state index contributed by atoms with van der Waals surface area (Å²) in [7, 11) is 0. The summed E-state index contributed by atoms with van der Waals surface area (Å²) in [6, 6.07) is 5.91. The number of carbonyl (C=O) groups excluding carboxylic acids is 2. The molecule has 30 heavy (non-hydrogen) atoms. The van der Waals surface area contributed by atoms with Gasteiger partial charge in [0.2, 0.25) is 11.8 Å². The summed E-state index contributed by atoms with van der Waals surface area (Å²) in [4.78, 5) is 34.1. The van der Waals surface area contributed by atoms with E-state index in [1.807, 2.05) is 6.20 Å². The fourth-order valence-corrected chi connectivity index (χ4v) is 3.94. The zero-order valence-electron chi connectivity index (χ0n) is 17.3. The number of likely N-dealkylation sites (tertiary alicyclic amines) is 1. The molecule has 1 aliphatic heterocycles. The highest BCUT2D eigenvalue weighted by Crippen LogP contribution is 2.19. The van der Waals surface area contributed by atoms with Crippen LogP contribution in [0.1, 0.15) is 43.4 Å². The second-order valence-corrected chi connectivity index (χ2v) is 7.94. The van der Waals surface area contributed by atoms with Crippen molar-refractivity contribution in [3.8, 4) is 0 Å². The number of aryl methyl sites for hydroxylation is 1. The fraction of sp³-hybridized carbons (Fsp3) is 0.500. The number of nitrogens with one attached hydrogen (secondary N) is 2. The molecule has 3 rings (SSSR count). The average molecular weight is 417 g/mol. The highest BCUT2D eigenvalue weighted by Gasteiger charge is 2.34. The van der Waals surface area contributed by atoms with Crippen molar-refractivity contribution < 1.29 is 19.7 Å². The van der Waals surface area contributed by atoms with Crippen LogP contribution in [-0.4, -0.2) is 51.9 Å². The van der Waals surface area contributed by atoms with Crippen LogP contribution in [0.2, 0.25) is 0 Å². The van der Waals surface area contributed by atoms with Crippen LogP contribution in [0.5, 0.6) is 0 Å². The molecule has 1 fully saturated rings. The number of benzene rings is 1. The number of halogens is 1. The molecular formula is C22H31FN5O2+. The second-order valence-electron chi connectivity index (χ2n) is 7.94. The maximum absolute atomic E-state index is 13.8. The summed E-state index contributed by atoms with van der Waals surface area (Å²) in [5.74, 6) is -0.440. The Morgan fingerprint density at radius 2 is 2.17 bits per heavy atom. The lowest BCUT2D eigenvalue weighted by Crippen LogP contribution is -2.63. The summed E-state index contributed by atoms with van der Waals surface area (Å²) in [6.07, 6.45) is 8.31. The van der Waals surface area contributed by atoms with Gasteiger partial charge >= 0.3 is 0 Å². The first-order chi connectivity index (χ1) is 14.5. The Kier molecular flexibility index (Phi) is 7.96. The molecule has 0 spiro atoms. The van der Waals surface area contributed by atoms with Crippen LogP contribution in [0.4, 0.5) is 4.39 Å². The number of amides is 2. The van der Waals surface area contributed by atoms with Crippen LogP contribution in [-0.2, 0) is 22.4 Å². The summed E-state index contributed by atoms with van der Waals surface area (Å²) >= 11 is 0. The Morgan fingerprint density at radius 1 is 1.33 bits per heavy atom. The van der Waals surface area contributed by atoms with E-state index in [-0.39, 0.29) is 30.1 Å². The summed E-state index contributed by atoms with van der Waals surface area (Å²) in [5.41, 5.74) is 5.68. The highest BCUT2D eigenvalue weighted by molar-refractivity contribution is 5.88. The smallest absolute Gasteiger partial charge is 0.242 e. The SMILES string of the molecule is [NH3+]C(CC(=O)N1CCC[C@H]1C(=O)NCCCCc1cnc[nH]1)Cc1ccccc1F. The maximum Gasteiger partial charge on any atom is 0.242 e. The quantitative estimate of drug-likeness (QED) is 0.507. The molecule has 7 nitrogen and oxygen atoms in total. The normalized spacial score (nSPS) is 17.1. The number of hydrogen-bond acceptors (Lipinski definition) is 3. The van der Waals surface area contributed by atoms with Gasteiger partial charge in [-0.1, -0.05) is 18.2 Å². The summed E-state index contributed by atoms with van der Waals surface area (Å²) in [5, 5.41) is 2.97. The van der Waals surface area contributed by atoms with Gasteiger partial charge in [-0.15, -0.1) is 0 Å². The van der Waals surface area contributed by atoms with Crippen molar-refractivity contribution in [1.82, 2.24) is 20.2 Å². The van der Waals surface area contributed by atoms with Crippen molar-refractivity contribution >= 4 is 11.8 Å². The highest BCUT2D eigenvalue weighted by atomic mass is 19.1. The van der Waals surface area contributed by atoms with Crippen molar-refractivity contribution in [2.24, 2.45) is 0 Å². The fourth-order valence-electron chi connectivity index (χ4n) is 3.94. The molecule has 162 valence electrons. The van der Waals surface area contributed by atoms with Gasteiger partial charge in [0.15, 0.2) is 0 Å². The van der Waals surface area contributed by atoms with Crippen molar-refractivity contribution in [3.05, 3.63) is 53.9 Å². The molecule has 5 N–H and O–H groups in total. The number of carbonyl (C=O) groups is 2. The lowest BCUT2D eigenvalue weighted by atomic mass is 10.0. The summed E-state index contributed by atoms with van der Waals surface area (Å²) < 4.78 is 13.8. The molecule has 2 atom stereocenters. The lowest BCUT2D eigenvalue weighted by Gasteiger charge is -2.24. The standard InChI is InChI=1S/C22H30FN5O2/c23-19-8-2-1-6-16(19)12-17(24)13-21(29)28-11-5-9-20(28)22(30)26-10-4-3-7-18-14-25-15-27-18/h1-2,6,8,14-15,17,20H,3-5,7,9-13,24H2,(H,25,27)(H,26,30)/p+1/t17?,20-/m0/s1. The number of aromatic amines is 1. The monoisotopic (exact) mass is 416 g/mol. The number of aromatic nitrogens is 2. The van der Waals surface area contributed by atoms with Gasteiger partial charge in [0.25, 0.3) is 0 Å². The minimum atomic E-state index is -0.411. The van der Waals surface area contributed by atoms with Gasteiger partial charge in [-0.05, 0) is 43.7 Å². The van der Waals surface area contributed by atoms with Gasteiger partial charge in [-0.3, -0.25) is 9.59 Å². The van der Waals surface area contributed by atoms with E-state index < -0.39 is 6.04 Å². The van der Waals surface area contributed by atoms with E-state index in [4.69, 9.17) is 0 Å². The van der Waals surface area contributed by atoms with E-state index >= 15 is 0 Å². The molecule has 8 heteroatoms. The zero-order chi connectivity index (χ0) is 21.3. The average Bonchev–Trinajstić information content (AvgIpc) is 3.41. The number of imidazole rings is 1. The van der Waals surface area contributed by atoms with Crippen LogP contribution in [0.25, 0.3) is 0 Å². The minimum absolute atomic E-state index is 0.0803. The number of rotatable bonds is 10. The Balaban J connectivity index is 1.41. The minimum Gasteiger partial charge on any atom is -0.354 e. The van der Waals surface area contributed by atoms with E-state index in [0.29, 0.717) is 31.5 Å². The number of nitrogens with zero attached hydrogens (tertiary/aromatic N) is 2. The number of hydrogen-bond donors (Lipinski definition) is 3. The van der Waals surface area contributed by atoms with E-state index in [9.17, 15) is 14.0 Å². The molecule has 1 aromatic carbocycles. The predicted octanol–water partition coefficient (Wildman–Crippen LogP) is 1.22. The predicted molar refractivity (Wildman–Crippen MR) is 111 cm³/mol. The van der Waals surface area contributed by atoms with E-state index in [1.165, 1.54) is 6.07 Å². The molecule has 0 aliphatic carbocycles. The first-order valence-corrected chi connectivity index (χ1v) is 10.7. The third-order valence-corrected chi connectivity index (χ3v) is 5.53. The first kappa shape index (κ1) is 22.0. The molecule has 0 radical (unpaired) electrons. The Morgan fingerprint density at radius 3 is 2.93 bits per heavy atom. The third-order valence-electron chi connectivity index (χ3n) is 5.53. The molecule has 1 saturated heterocycles. The van der Waals surface area contributed by atoms with E-state index in [1.54, 1.807) is 29.4 Å². The van der Waals surface area contributed by atoms with Gasteiger partial charge in [0, 0.05) is 31.4 Å². The Labute approximate surface area is 176 Å². The zero-order valence-corrected chi connectivity index (χ0v) is 17.3. The molecule has 2 aromatic rings. The molecule has 2 amide bonds. The van der Waals surface area contributed by atoms with Crippen LogP contribution < -0.4 is 11.1 Å². The molecule has 2 heterocycles. The van der Waals surface area contributed by atoms with Crippen molar-refractivity contribution in [2.45, 2.75) is 57.0 Å². The van der Waals surface area contributed by atoms with Gasteiger partial charge in [0.05, 0.1) is 18.8 Å². The molecule has 1 aliphatic rings. The number of unbranched alkanes of at least 4 members (excludes halogenated alkanes) is 1. The largest absolute Gasteiger partial charge is 0.354 e. The topological polar surface area (TPSA) is 106 Å². The van der Waals surface area contributed by atoms with Gasteiger partial charge in [-0.2, -0.15) is 0 Å². The van der Waals surface area contributed by atoms with E-state index in [2.05, 4.69) is 21.0 Å². The van der Waals surface area contributed by atoms with Crippen molar-refractivity contribution in [1.29, 1.82) is 0 Å². The molecule has 0 bridgehead atoms. The maximum atomic E-state index is 13.8. The number of H-pyrrole nitrogens is 1. The van der Waals surface area contributed by atoms with Crippen LogP contribution in [0, 0.1) is 5.82 Å². The molecule has 1 unspecified atom stereocenters. The Bertz CT molecular complexity index is 827. The lowest BCUT2D eigenvalue weighted by molar-refractivity contribution is -0.418. The van der Waals surface area contributed by atoms with Gasteiger partial charge < -0.3 is 20.9 Å². The van der Waals surface area contributed by atoms with Gasteiger partial charge in [0.1, 0.15) is 11.9 Å². The number of quaternary nitrogens is 1. The van der Waals surface area contributed by atoms with Crippen LogP contribution in [0.15, 0.2) is 36.8 Å². The Hall–Kier alpha value is -2.74. The third kappa shape index (κ3) is 6.13. The summed E-state index contributed by atoms with van der Waals surface area (Å²) in [6.45, 7) is 1.18. The van der Waals surface area contributed by atoms with Crippen LogP contribution >= 0.6 is 0 Å². The van der Waals surface area contributed by atoms with Crippen LogP contribution in [0.3, 0.4) is 0 Å². The van der Waals surface area contributed by atoms with Crippen molar-refractivity contribution in [3.63, 3.8) is 0 Å².